The average molecular weight is 425 g/mol. The Labute approximate surface area is 168 Å². The molecule has 0 saturated heterocycles. The summed E-state index contributed by atoms with van der Waals surface area (Å²) in [5.41, 5.74) is 1.63. The summed E-state index contributed by atoms with van der Waals surface area (Å²) in [6, 6.07) is 7.76. The van der Waals surface area contributed by atoms with Gasteiger partial charge in [0, 0.05) is 37.7 Å². The second kappa shape index (κ2) is 7.27. The molecule has 0 unspecified atom stereocenters. The molecule has 9 heteroatoms. The van der Waals surface area contributed by atoms with Crippen molar-refractivity contribution in [2.45, 2.75) is 25.7 Å². The fourth-order valence-electron chi connectivity index (χ4n) is 3.45. The van der Waals surface area contributed by atoms with E-state index in [0.29, 0.717) is 42.9 Å². The van der Waals surface area contributed by atoms with Crippen LogP contribution in [-0.4, -0.2) is 26.8 Å². The minimum Gasteiger partial charge on any atom is -0.507 e. The van der Waals surface area contributed by atoms with Crippen LogP contribution < -0.4 is 0 Å². The molecule has 1 aliphatic heterocycles. The van der Waals surface area contributed by atoms with Crippen molar-refractivity contribution in [2.75, 3.05) is 6.54 Å². The van der Waals surface area contributed by atoms with E-state index in [-0.39, 0.29) is 16.5 Å². The standard InChI is InChI=1S/C20H16ClF3N2O3/c21-15-7-13(17(27)8-18(15)28)19-14-10-26(5-4-16(14)25-29-19)9-11-2-1-3-12(6-11)20(22,23)24/h1-3,6-8,27-28H,4-5,9-10H2. The maximum atomic E-state index is 13.0. The maximum absolute atomic E-state index is 13.0. The maximum Gasteiger partial charge on any atom is 0.416 e. The van der Waals surface area contributed by atoms with Gasteiger partial charge in [-0.15, -0.1) is 0 Å². The molecule has 0 spiro atoms. The Bertz CT molecular complexity index is 1070. The highest BCUT2D eigenvalue weighted by atomic mass is 35.5. The number of hydrogen-bond acceptors (Lipinski definition) is 5. The lowest BCUT2D eigenvalue weighted by molar-refractivity contribution is -0.137. The average Bonchev–Trinajstić information content (AvgIpc) is 3.07. The van der Waals surface area contributed by atoms with E-state index in [2.05, 4.69) is 5.16 Å². The van der Waals surface area contributed by atoms with E-state index >= 15 is 0 Å². The zero-order valence-corrected chi connectivity index (χ0v) is 15.8. The molecule has 4 rings (SSSR count). The molecule has 0 fully saturated rings. The summed E-state index contributed by atoms with van der Waals surface area (Å²) >= 11 is 5.95. The number of nitrogens with zero attached hydrogens (tertiary/aromatic N) is 2. The van der Waals surface area contributed by atoms with Gasteiger partial charge in [0.15, 0.2) is 5.76 Å². The Morgan fingerprint density at radius 3 is 2.69 bits per heavy atom. The Balaban J connectivity index is 1.60. The molecule has 1 aromatic heterocycles. The van der Waals surface area contributed by atoms with Gasteiger partial charge in [-0.25, -0.2) is 0 Å². The SMILES string of the molecule is Oc1cc(O)c(-c2onc3c2CN(Cc2cccc(C(F)(F)F)c2)CC3)cc1Cl. The first kappa shape index (κ1) is 19.6. The van der Waals surface area contributed by atoms with Crippen molar-refractivity contribution in [3.63, 3.8) is 0 Å². The summed E-state index contributed by atoms with van der Waals surface area (Å²) in [5.74, 6) is -0.138. The van der Waals surface area contributed by atoms with Crippen LogP contribution in [-0.2, 0) is 25.7 Å². The number of phenols is 2. The van der Waals surface area contributed by atoms with Gasteiger partial charge in [-0.05, 0) is 17.7 Å². The van der Waals surface area contributed by atoms with Gasteiger partial charge in [-0.2, -0.15) is 13.2 Å². The number of halogens is 4. The Morgan fingerprint density at radius 1 is 1.14 bits per heavy atom. The van der Waals surface area contributed by atoms with E-state index in [9.17, 15) is 23.4 Å². The van der Waals surface area contributed by atoms with Crippen LogP contribution in [0, 0.1) is 0 Å². The zero-order chi connectivity index (χ0) is 20.8. The molecule has 1 aliphatic rings. The summed E-state index contributed by atoms with van der Waals surface area (Å²) in [5, 5.41) is 23.9. The van der Waals surface area contributed by atoms with E-state index in [1.807, 2.05) is 4.90 Å². The van der Waals surface area contributed by atoms with Crippen molar-refractivity contribution in [1.29, 1.82) is 0 Å². The van der Waals surface area contributed by atoms with Gasteiger partial charge in [0.25, 0.3) is 0 Å². The first-order chi connectivity index (χ1) is 13.7. The third-order valence-corrected chi connectivity index (χ3v) is 5.19. The lowest BCUT2D eigenvalue weighted by Crippen LogP contribution is -2.30. The topological polar surface area (TPSA) is 69.7 Å². The number of fused-ring (bicyclic) bond motifs is 1. The first-order valence-electron chi connectivity index (χ1n) is 8.80. The van der Waals surface area contributed by atoms with Crippen LogP contribution in [0.15, 0.2) is 40.9 Å². The van der Waals surface area contributed by atoms with Gasteiger partial charge in [-0.1, -0.05) is 35.0 Å². The second-order valence-corrected chi connectivity index (χ2v) is 7.32. The minimum absolute atomic E-state index is 0.0552. The van der Waals surface area contributed by atoms with Crippen LogP contribution in [0.2, 0.25) is 5.02 Å². The fraction of sp³-hybridized carbons (Fsp3) is 0.250. The van der Waals surface area contributed by atoms with Crippen molar-refractivity contribution in [3.05, 3.63) is 63.8 Å². The molecule has 2 aromatic carbocycles. The van der Waals surface area contributed by atoms with E-state index < -0.39 is 11.7 Å². The quantitative estimate of drug-likeness (QED) is 0.620. The normalized spacial score (nSPS) is 14.8. The Morgan fingerprint density at radius 2 is 1.93 bits per heavy atom. The Kier molecular flexibility index (Phi) is 4.92. The first-order valence-corrected chi connectivity index (χ1v) is 9.18. The van der Waals surface area contributed by atoms with Crippen LogP contribution in [0.25, 0.3) is 11.3 Å². The number of alkyl halides is 3. The number of phenolic OH excluding ortho intramolecular Hbond substituents is 2. The molecule has 0 bridgehead atoms. The van der Waals surface area contributed by atoms with Gasteiger partial charge >= 0.3 is 6.18 Å². The van der Waals surface area contributed by atoms with Crippen molar-refractivity contribution in [2.24, 2.45) is 0 Å². The monoisotopic (exact) mass is 424 g/mol. The predicted molar refractivity (Wildman–Crippen MR) is 99.5 cm³/mol. The van der Waals surface area contributed by atoms with E-state index in [4.69, 9.17) is 16.1 Å². The summed E-state index contributed by atoms with van der Waals surface area (Å²) in [4.78, 5) is 1.98. The van der Waals surface area contributed by atoms with Crippen molar-refractivity contribution >= 4 is 11.6 Å². The number of hydrogen-bond donors (Lipinski definition) is 2. The molecular formula is C20H16ClF3N2O3. The van der Waals surface area contributed by atoms with Crippen molar-refractivity contribution < 1.29 is 27.9 Å². The molecule has 2 heterocycles. The minimum atomic E-state index is -4.39. The molecule has 5 nitrogen and oxygen atoms in total. The number of aromatic hydroxyl groups is 2. The molecule has 2 N–H and O–H groups in total. The lowest BCUT2D eigenvalue weighted by atomic mass is 10.00. The van der Waals surface area contributed by atoms with Crippen LogP contribution in [0.3, 0.4) is 0 Å². The molecule has 0 amide bonds. The summed E-state index contributed by atoms with van der Waals surface area (Å²) in [6.45, 7) is 1.33. The molecular weight excluding hydrogens is 409 g/mol. The van der Waals surface area contributed by atoms with E-state index in [1.165, 1.54) is 12.1 Å². The van der Waals surface area contributed by atoms with E-state index in [1.54, 1.807) is 6.07 Å². The van der Waals surface area contributed by atoms with Gasteiger partial charge < -0.3 is 14.7 Å². The largest absolute Gasteiger partial charge is 0.507 e. The predicted octanol–water partition coefficient (Wildman–Crippen LogP) is 4.98. The fourth-order valence-corrected chi connectivity index (χ4v) is 3.62. The number of aromatic nitrogens is 1. The highest BCUT2D eigenvalue weighted by Gasteiger charge is 2.31. The molecule has 0 aliphatic carbocycles. The highest BCUT2D eigenvalue weighted by molar-refractivity contribution is 6.32. The van der Waals surface area contributed by atoms with Gasteiger partial charge in [0.1, 0.15) is 11.5 Å². The lowest BCUT2D eigenvalue weighted by Gasteiger charge is -2.26. The van der Waals surface area contributed by atoms with Gasteiger partial charge in [0.05, 0.1) is 21.8 Å². The molecule has 29 heavy (non-hydrogen) atoms. The summed E-state index contributed by atoms with van der Waals surface area (Å²) < 4.78 is 44.3. The van der Waals surface area contributed by atoms with Crippen molar-refractivity contribution in [3.8, 4) is 22.8 Å². The number of rotatable bonds is 3. The van der Waals surface area contributed by atoms with Gasteiger partial charge in [-0.3, -0.25) is 4.90 Å². The third-order valence-electron chi connectivity index (χ3n) is 4.89. The molecule has 3 aromatic rings. The van der Waals surface area contributed by atoms with Crippen LogP contribution in [0.5, 0.6) is 11.5 Å². The molecule has 0 radical (unpaired) electrons. The van der Waals surface area contributed by atoms with Crippen LogP contribution >= 0.6 is 11.6 Å². The third kappa shape index (κ3) is 3.90. The highest BCUT2D eigenvalue weighted by Crippen LogP contribution is 2.40. The molecule has 152 valence electrons. The molecule has 0 atom stereocenters. The summed E-state index contributed by atoms with van der Waals surface area (Å²) in [7, 11) is 0. The molecule has 0 saturated carbocycles. The number of benzene rings is 2. The van der Waals surface area contributed by atoms with E-state index in [0.717, 1.165) is 29.5 Å². The van der Waals surface area contributed by atoms with Crippen LogP contribution in [0.4, 0.5) is 13.2 Å². The summed E-state index contributed by atoms with van der Waals surface area (Å²) in [6.07, 6.45) is -3.83. The van der Waals surface area contributed by atoms with Crippen molar-refractivity contribution in [1.82, 2.24) is 10.1 Å². The zero-order valence-electron chi connectivity index (χ0n) is 15.0. The van der Waals surface area contributed by atoms with Crippen LogP contribution in [0.1, 0.15) is 22.4 Å². The van der Waals surface area contributed by atoms with Gasteiger partial charge in [0.2, 0.25) is 0 Å². The second-order valence-electron chi connectivity index (χ2n) is 6.92. The Hall–Kier alpha value is -2.71. The smallest absolute Gasteiger partial charge is 0.416 e.